The van der Waals surface area contributed by atoms with Crippen molar-refractivity contribution < 1.29 is 14.8 Å². The standard InChI is InChI=1S/C22H24ClN3O3/c1-15(22(28)25-29)17-7-11-19(12-8-17)26-13-3-2-4-20(26)24-21(27)14-16-5-9-18(23)10-6-16/h5-12,20,29H,1-4,13-14H2,(H,24,27)(H,25,28). The Morgan fingerprint density at radius 1 is 1.10 bits per heavy atom. The second-order valence-corrected chi connectivity index (χ2v) is 7.48. The maximum atomic E-state index is 12.5. The number of hydrogen-bond donors (Lipinski definition) is 3. The van der Waals surface area contributed by atoms with Crippen molar-refractivity contribution in [2.75, 3.05) is 11.4 Å². The molecule has 0 aromatic heterocycles. The van der Waals surface area contributed by atoms with E-state index in [0.29, 0.717) is 17.0 Å². The van der Waals surface area contributed by atoms with Crippen LogP contribution in [0, 0.1) is 0 Å². The molecule has 6 nitrogen and oxygen atoms in total. The van der Waals surface area contributed by atoms with Crippen LogP contribution < -0.4 is 15.7 Å². The van der Waals surface area contributed by atoms with Gasteiger partial charge in [0, 0.05) is 22.8 Å². The Morgan fingerprint density at radius 3 is 2.45 bits per heavy atom. The molecule has 1 atom stereocenters. The summed E-state index contributed by atoms with van der Waals surface area (Å²) in [5, 5.41) is 12.5. The van der Waals surface area contributed by atoms with Gasteiger partial charge in [-0.05, 0) is 54.7 Å². The van der Waals surface area contributed by atoms with E-state index in [1.807, 2.05) is 24.3 Å². The second kappa shape index (κ2) is 9.58. The molecule has 0 bridgehead atoms. The van der Waals surface area contributed by atoms with E-state index in [9.17, 15) is 9.59 Å². The van der Waals surface area contributed by atoms with Gasteiger partial charge in [-0.1, -0.05) is 42.4 Å². The van der Waals surface area contributed by atoms with E-state index in [0.717, 1.165) is 37.1 Å². The molecule has 3 N–H and O–H groups in total. The number of hydrogen-bond acceptors (Lipinski definition) is 4. The molecule has 0 radical (unpaired) electrons. The maximum Gasteiger partial charge on any atom is 0.274 e. The quantitative estimate of drug-likeness (QED) is 0.384. The van der Waals surface area contributed by atoms with E-state index in [2.05, 4.69) is 16.8 Å². The third-order valence-corrected chi connectivity index (χ3v) is 5.28. The van der Waals surface area contributed by atoms with Crippen LogP contribution >= 0.6 is 11.6 Å². The van der Waals surface area contributed by atoms with Gasteiger partial charge in [-0.15, -0.1) is 0 Å². The van der Waals surface area contributed by atoms with Crippen molar-refractivity contribution in [3.63, 3.8) is 0 Å². The number of anilines is 1. The molecule has 2 amide bonds. The Balaban J connectivity index is 1.67. The summed E-state index contributed by atoms with van der Waals surface area (Å²) in [5.41, 5.74) is 4.28. The number of hydroxylamine groups is 1. The summed E-state index contributed by atoms with van der Waals surface area (Å²) in [6.07, 6.45) is 3.18. The average molecular weight is 414 g/mol. The number of piperidine rings is 1. The summed E-state index contributed by atoms with van der Waals surface area (Å²) in [5.74, 6) is -0.670. The summed E-state index contributed by atoms with van der Waals surface area (Å²) in [6.45, 7) is 4.52. The van der Waals surface area contributed by atoms with Gasteiger partial charge in [0.2, 0.25) is 5.91 Å². The number of halogens is 1. The van der Waals surface area contributed by atoms with Crippen molar-refractivity contribution in [1.29, 1.82) is 0 Å². The number of amides is 2. The van der Waals surface area contributed by atoms with Crippen LogP contribution in [-0.2, 0) is 16.0 Å². The SMILES string of the molecule is C=C(C(=O)NO)c1ccc(N2CCCCC2NC(=O)Cc2ccc(Cl)cc2)cc1. The zero-order chi connectivity index (χ0) is 20.8. The monoisotopic (exact) mass is 413 g/mol. The van der Waals surface area contributed by atoms with Crippen molar-refractivity contribution in [2.45, 2.75) is 31.8 Å². The summed E-state index contributed by atoms with van der Waals surface area (Å²) in [6, 6.07) is 14.6. The Morgan fingerprint density at radius 2 is 1.79 bits per heavy atom. The first kappa shape index (κ1) is 20.9. The molecule has 7 heteroatoms. The summed E-state index contributed by atoms with van der Waals surface area (Å²) in [7, 11) is 0. The minimum atomic E-state index is -0.636. The van der Waals surface area contributed by atoms with Crippen LogP contribution in [0.15, 0.2) is 55.1 Å². The molecule has 1 aliphatic rings. The predicted octanol–water partition coefficient (Wildman–Crippen LogP) is 3.53. The molecule has 0 saturated carbocycles. The molecule has 152 valence electrons. The molecule has 1 saturated heterocycles. The van der Waals surface area contributed by atoms with E-state index < -0.39 is 5.91 Å². The highest BCUT2D eigenvalue weighted by Crippen LogP contribution is 2.25. The van der Waals surface area contributed by atoms with Crippen LogP contribution in [0.4, 0.5) is 5.69 Å². The lowest BCUT2D eigenvalue weighted by molar-refractivity contribution is -0.123. The molecule has 2 aromatic rings. The zero-order valence-corrected chi connectivity index (χ0v) is 16.8. The third-order valence-electron chi connectivity index (χ3n) is 5.03. The molecule has 1 heterocycles. The first-order valence-electron chi connectivity index (χ1n) is 9.52. The molecular formula is C22H24ClN3O3. The highest BCUT2D eigenvalue weighted by molar-refractivity contribution is 6.30. The van der Waals surface area contributed by atoms with E-state index in [1.54, 1.807) is 29.7 Å². The Labute approximate surface area is 175 Å². The van der Waals surface area contributed by atoms with Crippen molar-refractivity contribution in [3.8, 4) is 0 Å². The molecule has 1 aliphatic heterocycles. The molecule has 3 rings (SSSR count). The van der Waals surface area contributed by atoms with Crippen LogP contribution in [0.1, 0.15) is 30.4 Å². The Bertz CT molecular complexity index is 881. The summed E-state index contributed by atoms with van der Waals surface area (Å²) in [4.78, 5) is 26.2. The minimum Gasteiger partial charge on any atom is -0.351 e. The summed E-state index contributed by atoms with van der Waals surface area (Å²) < 4.78 is 0. The highest BCUT2D eigenvalue weighted by atomic mass is 35.5. The lowest BCUT2D eigenvalue weighted by atomic mass is 10.0. The van der Waals surface area contributed by atoms with Crippen LogP contribution in [0.3, 0.4) is 0 Å². The second-order valence-electron chi connectivity index (χ2n) is 7.04. The smallest absolute Gasteiger partial charge is 0.274 e. The van der Waals surface area contributed by atoms with Crippen LogP contribution in [-0.4, -0.2) is 29.7 Å². The normalized spacial score (nSPS) is 16.2. The lowest BCUT2D eigenvalue weighted by Gasteiger charge is -2.38. The van der Waals surface area contributed by atoms with E-state index >= 15 is 0 Å². The van der Waals surface area contributed by atoms with E-state index in [4.69, 9.17) is 16.8 Å². The first-order valence-corrected chi connectivity index (χ1v) is 9.90. The number of benzene rings is 2. The maximum absolute atomic E-state index is 12.5. The molecule has 1 unspecified atom stereocenters. The van der Waals surface area contributed by atoms with Gasteiger partial charge < -0.3 is 10.2 Å². The minimum absolute atomic E-state index is 0.0335. The van der Waals surface area contributed by atoms with Gasteiger partial charge in [-0.2, -0.15) is 0 Å². The van der Waals surface area contributed by atoms with Gasteiger partial charge in [0.15, 0.2) is 0 Å². The average Bonchev–Trinajstić information content (AvgIpc) is 2.75. The van der Waals surface area contributed by atoms with Crippen LogP contribution in [0.2, 0.25) is 5.02 Å². The Hall–Kier alpha value is -2.83. The van der Waals surface area contributed by atoms with Gasteiger partial charge in [0.25, 0.3) is 5.91 Å². The number of carbonyl (C=O) groups is 2. The number of rotatable bonds is 6. The van der Waals surface area contributed by atoms with Crippen LogP contribution in [0.5, 0.6) is 0 Å². The van der Waals surface area contributed by atoms with Gasteiger partial charge in [-0.25, -0.2) is 5.48 Å². The number of nitrogens with zero attached hydrogens (tertiary/aromatic N) is 1. The van der Waals surface area contributed by atoms with Gasteiger partial charge in [0.05, 0.1) is 6.42 Å². The lowest BCUT2D eigenvalue weighted by Crippen LogP contribution is -2.51. The number of carbonyl (C=O) groups excluding carboxylic acids is 2. The van der Waals surface area contributed by atoms with Gasteiger partial charge in [0.1, 0.15) is 6.17 Å². The third kappa shape index (κ3) is 5.37. The van der Waals surface area contributed by atoms with Crippen molar-refractivity contribution in [2.24, 2.45) is 0 Å². The van der Waals surface area contributed by atoms with E-state index in [-0.39, 0.29) is 17.6 Å². The van der Waals surface area contributed by atoms with Crippen molar-refractivity contribution in [1.82, 2.24) is 10.8 Å². The topological polar surface area (TPSA) is 81.7 Å². The van der Waals surface area contributed by atoms with Gasteiger partial charge >= 0.3 is 0 Å². The molecule has 2 aromatic carbocycles. The fraction of sp³-hybridized carbons (Fsp3) is 0.273. The predicted molar refractivity (Wildman–Crippen MR) is 114 cm³/mol. The van der Waals surface area contributed by atoms with Gasteiger partial charge in [-0.3, -0.25) is 14.8 Å². The molecule has 0 spiro atoms. The molecular weight excluding hydrogens is 390 g/mol. The van der Waals surface area contributed by atoms with E-state index in [1.165, 1.54) is 0 Å². The Kier molecular flexibility index (Phi) is 6.90. The first-order chi connectivity index (χ1) is 14.0. The van der Waals surface area contributed by atoms with Crippen molar-refractivity contribution in [3.05, 3.63) is 71.3 Å². The van der Waals surface area contributed by atoms with Crippen LogP contribution in [0.25, 0.3) is 5.57 Å². The molecule has 1 fully saturated rings. The zero-order valence-electron chi connectivity index (χ0n) is 16.0. The number of nitrogens with one attached hydrogen (secondary N) is 2. The largest absolute Gasteiger partial charge is 0.351 e. The highest BCUT2D eigenvalue weighted by Gasteiger charge is 2.24. The fourth-order valence-electron chi connectivity index (χ4n) is 3.47. The summed E-state index contributed by atoms with van der Waals surface area (Å²) >= 11 is 5.90. The van der Waals surface area contributed by atoms with Crippen molar-refractivity contribution >= 4 is 34.7 Å². The molecule has 29 heavy (non-hydrogen) atoms. The molecule has 0 aliphatic carbocycles. The fourth-order valence-corrected chi connectivity index (χ4v) is 3.59.